The Hall–Kier alpha value is -1.71. The van der Waals surface area contributed by atoms with Crippen molar-refractivity contribution in [3.63, 3.8) is 0 Å². The van der Waals surface area contributed by atoms with E-state index in [1.165, 1.54) is 0 Å². The van der Waals surface area contributed by atoms with Crippen molar-refractivity contribution in [2.24, 2.45) is 11.5 Å². The second-order valence-corrected chi connectivity index (χ2v) is 5.82. The molecule has 0 spiro atoms. The lowest BCUT2D eigenvalue weighted by molar-refractivity contribution is -0.137. The van der Waals surface area contributed by atoms with Gasteiger partial charge in [0.1, 0.15) is 0 Å². The zero-order chi connectivity index (χ0) is 18.9. The Morgan fingerprint density at radius 1 is 0.760 bits per heavy atom. The van der Waals surface area contributed by atoms with Crippen LogP contribution in [0.4, 0.5) is 0 Å². The molecule has 7 N–H and O–H groups in total. The van der Waals surface area contributed by atoms with Crippen molar-refractivity contribution in [2.75, 3.05) is 45.8 Å². The smallest absolute Gasteiger partial charge is 0.303 e. The summed E-state index contributed by atoms with van der Waals surface area (Å²) in [5, 5.41) is 14.1. The molecule has 9 nitrogen and oxygen atoms in total. The molecule has 0 aliphatic carbocycles. The summed E-state index contributed by atoms with van der Waals surface area (Å²) in [7, 11) is 0. The number of unbranched alkanes of at least 4 members (excludes halogenated alkanes) is 2. The van der Waals surface area contributed by atoms with Crippen molar-refractivity contribution in [1.82, 2.24) is 15.5 Å². The van der Waals surface area contributed by atoms with Gasteiger partial charge in [-0.3, -0.25) is 14.4 Å². The van der Waals surface area contributed by atoms with Gasteiger partial charge < -0.3 is 32.1 Å². The molecule has 0 aliphatic rings. The van der Waals surface area contributed by atoms with Crippen molar-refractivity contribution in [3.8, 4) is 0 Å². The monoisotopic (exact) mass is 359 g/mol. The van der Waals surface area contributed by atoms with Crippen LogP contribution in [0.5, 0.6) is 0 Å². The van der Waals surface area contributed by atoms with Crippen molar-refractivity contribution >= 4 is 17.8 Å². The molecule has 146 valence electrons. The third-order valence-electron chi connectivity index (χ3n) is 3.61. The Balaban J connectivity index is 4.17. The first kappa shape index (κ1) is 23.3. The van der Waals surface area contributed by atoms with E-state index in [1.54, 1.807) is 0 Å². The van der Waals surface area contributed by atoms with Crippen molar-refractivity contribution < 1.29 is 19.5 Å². The first-order chi connectivity index (χ1) is 12.0. The summed E-state index contributed by atoms with van der Waals surface area (Å²) >= 11 is 0. The van der Waals surface area contributed by atoms with E-state index < -0.39 is 5.97 Å². The molecule has 0 fully saturated rings. The van der Waals surface area contributed by atoms with E-state index in [0.717, 1.165) is 19.4 Å². The molecule has 0 heterocycles. The van der Waals surface area contributed by atoms with Crippen LogP contribution < -0.4 is 22.1 Å². The Bertz CT molecular complexity index is 369. The number of aliphatic carboxylic acids is 1. The Morgan fingerprint density at radius 2 is 1.28 bits per heavy atom. The quantitative estimate of drug-likeness (QED) is 0.219. The van der Waals surface area contributed by atoms with Crippen LogP contribution in [0.2, 0.25) is 0 Å². The molecule has 0 unspecified atom stereocenters. The number of amides is 2. The summed E-state index contributed by atoms with van der Waals surface area (Å²) in [4.78, 5) is 35.9. The minimum absolute atomic E-state index is 0.0612. The molecular weight excluding hydrogens is 326 g/mol. The van der Waals surface area contributed by atoms with Crippen LogP contribution in [0.3, 0.4) is 0 Å². The number of hydrogen-bond acceptors (Lipinski definition) is 6. The summed E-state index contributed by atoms with van der Waals surface area (Å²) < 4.78 is 0. The molecule has 9 heteroatoms. The molecule has 0 saturated heterocycles. The largest absolute Gasteiger partial charge is 0.481 e. The number of nitrogens with zero attached hydrogens (tertiary/aromatic N) is 1. The van der Waals surface area contributed by atoms with Crippen LogP contribution in [-0.4, -0.2) is 73.6 Å². The lowest BCUT2D eigenvalue weighted by atomic mass is 10.2. The molecule has 0 aromatic heterocycles. The van der Waals surface area contributed by atoms with E-state index in [4.69, 9.17) is 16.6 Å². The lowest BCUT2D eigenvalue weighted by Crippen LogP contribution is -2.36. The second-order valence-electron chi connectivity index (χ2n) is 5.82. The van der Waals surface area contributed by atoms with Crippen molar-refractivity contribution in [2.45, 2.75) is 38.5 Å². The summed E-state index contributed by atoms with van der Waals surface area (Å²) in [6.07, 6.45) is 3.14. The molecule has 0 radical (unpaired) electrons. The van der Waals surface area contributed by atoms with Crippen LogP contribution in [0, 0.1) is 0 Å². The fraction of sp³-hybridized carbons (Fsp3) is 0.812. The maximum Gasteiger partial charge on any atom is 0.303 e. The van der Waals surface area contributed by atoms with Gasteiger partial charge in [-0.05, 0) is 19.4 Å². The molecule has 2 amide bonds. The van der Waals surface area contributed by atoms with Gasteiger partial charge in [-0.25, -0.2) is 0 Å². The van der Waals surface area contributed by atoms with Gasteiger partial charge in [0.25, 0.3) is 0 Å². The van der Waals surface area contributed by atoms with Gasteiger partial charge in [0.15, 0.2) is 0 Å². The lowest BCUT2D eigenvalue weighted by Gasteiger charge is -2.22. The molecule has 0 aromatic rings. The van der Waals surface area contributed by atoms with E-state index >= 15 is 0 Å². The van der Waals surface area contributed by atoms with Gasteiger partial charge in [0.2, 0.25) is 11.8 Å². The highest BCUT2D eigenvalue weighted by Gasteiger charge is 2.10. The number of nitrogens with one attached hydrogen (secondary N) is 2. The fourth-order valence-electron chi connectivity index (χ4n) is 2.24. The SMILES string of the molecule is NCCNC(=O)CCN(CCCCCC(=O)O)CCC(=O)NCCN. The average molecular weight is 359 g/mol. The molecule has 0 rings (SSSR count). The van der Waals surface area contributed by atoms with Gasteiger partial charge >= 0.3 is 5.97 Å². The van der Waals surface area contributed by atoms with E-state index in [-0.39, 0.29) is 18.2 Å². The maximum absolute atomic E-state index is 11.7. The zero-order valence-electron chi connectivity index (χ0n) is 15.0. The van der Waals surface area contributed by atoms with Crippen molar-refractivity contribution in [1.29, 1.82) is 0 Å². The minimum Gasteiger partial charge on any atom is -0.481 e. The number of hydrogen-bond donors (Lipinski definition) is 5. The maximum atomic E-state index is 11.7. The number of carbonyl (C=O) groups is 3. The standard InChI is InChI=1S/C16H33N5O4/c17-7-9-19-14(22)5-12-21(11-3-1-2-4-16(24)25)13-6-15(23)20-10-8-18/h1-13,17-18H2,(H,19,22)(H,20,23)(H,24,25). The van der Waals surface area contributed by atoms with Crippen molar-refractivity contribution in [3.05, 3.63) is 0 Å². The highest BCUT2D eigenvalue weighted by Crippen LogP contribution is 2.04. The number of carboxylic acid groups (broad SMARTS) is 1. The normalized spacial score (nSPS) is 10.7. The molecular formula is C16H33N5O4. The predicted molar refractivity (Wildman–Crippen MR) is 95.9 cm³/mol. The number of carbonyl (C=O) groups excluding carboxylic acids is 2. The Labute approximate surface area is 149 Å². The first-order valence-corrected chi connectivity index (χ1v) is 8.87. The first-order valence-electron chi connectivity index (χ1n) is 8.87. The third kappa shape index (κ3) is 15.6. The summed E-state index contributed by atoms with van der Waals surface area (Å²) in [6.45, 7) is 3.55. The van der Waals surface area contributed by atoms with Crippen LogP contribution in [0.1, 0.15) is 38.5 Å². The molecule has 0 aromatic carbocycles. The molecule has 0 saturated carbocycles. The molecule has 0 bridgehead atoms. The molecule has 0 atom stereocenters. The van der Waals surface area contributed by atoms with Crippen LogP contribution in [0.25, 0.3) is 0 Å². The van der Waals surface area contributed by atoms with Gasteiger partial charge in [-0.1, -0.05) is 6.42 Å². The Kier molecular flexibility index (Phi) is 14.7. The van der Waals surface area contributed by atoms with Gasteiger partial charge in [0, 0.05) is 58.5 Å². The molecule has 25 heavy (non-hydrogen) atoms. The second kappa shape index (κ2) is 15.8. The minimum atomic E-state index is -0.787. The van der Waals surface area contributed by atoms with Crippen LogP contribution in [0.15, 0.2) is 0 Å². The van der Waals surface area contributed by atoms with Crippen LogP contribution in [-0.2, 0) is 14.4 Å². The third-order valence-corrected chi connectivity index (χ3v) is 3.61. The summed E-state index contributed by atoms with van der Waals surface area (Å²) in [5.74, 6) is -0.909. The highest BCUT2D eigenvalue weighted by molar-refractivity contribution is 5.76. The Morgan fingerprint density at radius 3 is 1.72 bits per heavy atom. The van der Waals surface area contributed by atoms with Gasteiger partial charge in [-0.15, -0.1) is 0 Å². The van der Waals surface area contributed by atoms with E-state index in [9.17, 15) is 14.4 Å². The van der Waals surface area contributed by atoms with E-state index in [1.807, 2.05) is 0 Å². The highest BCUT2D eigenvalue weighted by atomic mass is 16.4. The number of carboxylic acids is 1. The van der Waals surface area contributed by atoms with E-state index in [0.29, 0.717) is 58.5 Å². The average Bonchev–Trinajstić information content (AvgIpc) is 2.58. The topological polar surface area (TPSA) is 151 Å². The number of rotatable bonds is 16. The fourth-order valence-corrected chi connectivity index (χ4v) is 2.24. The van der Waals surface area contributed by atoms with Crippen LogP contribution >= 0.6 is 0 Å². The van der Waals surface area contributed by atoms with Gasteiger partial charge in [-0.2, -0.15) is 0 Å². The predicted octanol–water partition coefficient (Wildman–Crippen LogP) is -1.14. The molecule has 0 aliphatic heterocycles. The summed E-state index contributed by atoms with van der Waals surface area (Å²) in [5.41, 5.74) is 10.7. The number of nitrogens with two attached hydrogens (primary N) is 2. The van der Waals surface area contributed by atoms with E-state index in [2.05, 4.69) is 15.5 Å². The van der Waals surface area contributed by atoms with Gasteiger partial charge in [0.05, 0.1) is 0 Å². The zero-order valence-corrected chi connectivity index (χ0v) is 15.0. The summed E-state index contributed by atoms with van der Waals surface area (Å²) in [6, 6.07) is 0.